The van der Waals surface area contributed by atoms with Gasteiger partial charge in [0.25, 0.3) is 0 Å². The lowest BCUT2D eigenvalue weighted by Crippen LogP contribution is -2.44. The van der Waals surface area contributed by atoms with Crippen molar-refractivity contribution < 1.29 is 19.4 Å². The van der Waals surface area contributed by atoms with Crippen molar-refractivity contribution in [1.29, 1.82) is 0 Å². The number of carbonyl (C=O) groups is 1. The van der Waals surface area contributed by atoms with Crippen molar-refractivity contribution >= 4 is 16.7 Å². The largest absolute Gasteiger partial charge is 0.491 e. The summed E-state index contributed by atoms with van der Waals surface area (Å²) in [5, 5.41) is 11.3. The molecular formula is C19H21NO4. The summed E-state index contributed by atoms with van der Waals surface area (Å²) in [6.07, 6.45) is 3.02. The van der Waals surface area contributed by atoms with E-state index in [1.54, 1.807) is 6.07 Å². The zero-order valence-corrected chi connectivity index (χ0v) is 13.5. The highest BCUT2D eigenvalue weighted by Crippen LogP contribution is 2.28. The molecule has 2 aliphatic heterocycles. The Morgan fingerprint density at radius 2 is 1.83 bits per heavy atom. The van der Waals surface area contributed by atoms with E-state index in [0.29, 0.717) is 24.6 Å². The zero-order chi connectivity index (χ0) is 16.5. The number of morpholine rings is 1. The van der Waals surface area contributed by atoms with Crippen molar-refractivity contribution in [1.82, 2.24) is 4.90 Å². The molecule has 2 aromatic carbocycles. The Labute approximate surface area is 140 Å². The minimum Gasteiger partial charge on any atom is -0.491 e. The molecule has 2 heterocycles. The fourth-order valence-corrected chi connectivity index (χ4v) is 3.67. The van der Waals surface area contributed by atoms with Crippen LogP contribution in [0.25, 0.3) is 10.8 Å². The summed E-state index contributed by atoms with van der Waals surface area (Å²) in [6, 6.07) is 11.2. The summed E-state index contributed by atoms with van der Waals surface area (Å²) in [4.78, 5) is 13.9. The molecule has 0 aliphatic carbocycles. The van der Waals surface area contributed by atoms with Gasteiger partial charge in [0.1, 0.15) is 17.9 Å². The Morgan fingerprint density at radius 3 is 2.50 bits per heavy atom. The molecule has 2 aliphatic rings. The molecule has 5 heteroatoms. The highest BCUT2D eigenvalue weighted by Gasteiger charge is 2.33. The molecule has 126 valence electrons. The van der Waals surface area contributed by atoms with Gasteiger partial charge in [-0.25, -0.2) is 4.79 Å². The zero-order valence-electron chi connectivity index (χ0n) is 13.5. The Bertz CT molecular complexity index is 748. The highest BCUT2D eigenvalue weighted by atomic mass is 16.5. The number of hydrogen-bond acceptors (Lipinski definition) is 4. The molecule has 0 amide bonds. The molecule has 2 saturated heterocycles. The number of ether oxygens (including phenoxy) is 2. The predicted octanol–water partition coefficient (Wildman–Crippen LogP) is 2.78. The topological polar surface area (TPSA) is 59.0 Å². The van der Waals surface area contributed by atoms with Gasteiger partial charge in [-0.3, -0.25) is 4.90 Å². The van der Waals surface area contributed by atoms with E-state index < -0.39 is 5.97 Å². The monoisotopic (exact) mass is 327 g/mol. The molecule has 2 atom stereocenters. The lowest BCUT2D eigenvalue weighted by atomic mass is 10.1. The van der Waals surface area contributed by atoms with Gasteiger partial charge in [0.2, 0.25) is 0 Å². The molecule has 2 aromatic rings. The van der Waals surface area contributed by atoms with Crippen LogP contribution in [-0.2, 0) is 4.74 Å². The second kappa shape index (κ2) is 6.42. The van der Waals surface area contributed by atoms with Crippen LogP contribution in [0.2, 0.25) is 0 Å². The van der Waals surface area contributed by atoms with Crippen LogP contribution in [0, 0.1) is 0 Å². The van der Waals surface area contributed by atoms with Crippen molar-refractivity contribution in [2.24, 2.45) is 0 Å². The first kappa shape index (κ1) is 15.4. The van der Waals surface area contributed by atoms with Crippen molar-refractivity contribution in [3.8, 4) is 5.75 Å². The standard InChI is InChI=1S/C19H21NO4/c21-19(22)17-9-13-3-1-2-4-14(13)10-18(17)23-8-7-20-11-15-5-6-16(12-20)24-15/h1-4,9-10,15-16H,5-8,11-12H2,(H,21,22). The molecule has 2 bridgehead atoms. The van der Waals surface area contributed by atoms with Crippen LogP contribution < -0.4 is 4.74 Å². The van der Waals surface area contributed by atoms with Crippen LogP contribution >= 0.6 is 0 Å². The summed E-state index contributed by atoms with van der Waals surface area (Å²) in [6.45, 7) is 3.17. The second-order valence-corrected chi connectivity index (χ2v) is 6.57. The average Bonchev–Trinajstić information content (AvgIpc) is 2.92. The molecule has 4 rings (SSSR count). The number of aromatic carboxylic acids is 1. The predicted molar refractivity (Wildman–Crippen MR) is 90.7 cm³/mol. The molecular weight excluding hydrogens is 306 g/mol. The molecule has 0 spiro atoms. The van der Waals surface area contributed by atoms with Crippen molar-refractivity contribution in [2.45, 2.75) is 25.0 Å². The highest BCUT2D eigenvalue weighted by molar-refractivity contribution is 5.97. The van der Waals surface area contributed by atoms with E-state index in [4.69, 9.17) is 9.47 Å². The maximum atomic E-state index is 11.5. The lowest BCUT2D eigenvalue weighted by Gasteiger charge is -2.31. The van der Waals surface area contributed by atoms with Crippen LogP contribution in [0.5, 0.6) is 5.75 Å². The molecule has 0 aromatic heterocycles. The van der Waals surface area contributed by atoms with E-state index in [9.17, 15) is 9.90 Å². The summed E-state index contributed by atoms with van der Waals surface area (Å²) < 4.78 is 11.7. The third kappa shape index (κ3) is 3.09. The number of benzene rings is 2. The van der Waals surface area contributed by atoms with Gasteiger partial charge in [-0.1, -0.05) is 24.3 Å². The van der Waals surface area contributed by atoms with Gasteiger partial charge in [0.05, 0.1) is 12.2 Å². The third-order valence-corrected chi connectivity index (χ3v) is 4.86. The Morgan fingerprint density at radius 1 is 1.17 bits per heavy atom. The minimum atomic E-state index is -0.958. The maximum Gasteiger partial charge on any atom is 0.339 e. The fourth-order valence-electron chi connectivity index (χ4n) is 3.67. The molecule has 2 fully saturated rings. The molecule has 24 heavy (non-hydrogen) atoms. The Hall–Kier alpha value is -2.11. The minimum absolute atomic E-state index is 0.218. The normalized spacial score (nSPS) is 23.5. The van der Waals surface area contributed by atoms with Crippen molar-refractivity contribution in [3.05, 3.63) is 42.0 Å². The first-order chi connectivity index (χ1) is 11.7. The van der Waals surface area contributed by atoms with Gasteiger partial charge >= 0.3 is 5.97 Å². The molecule has 0 saturated carbocycles. The van der Waals surface area contributed by atoms with E-state index in [2.05, 4.69) is 4.90 Å². The Balaban J connectivity index is 1.45. The van der Waals surface area contributed by atoms with E-state index in [0.717, 1.165) is 43.2 Å². The number of hydrogen-bond donors (Lipinski definition) is 1. The number of rotatable bonds is 5. The molecule has 1 N–H and O–H groups in total. The van der Waals surface area contributed by atoms with Crippen LogP contribution in [0.1, 0.15) is 23.2 Å². The van der Waals surface area contributed by atoms with E-state index in [1.165, 1.54) is 0 Å². The number of carboxylic acid groups (broad SMARTS) is 1. The quantitative estimate of drug-likeness (QED) is 0.915. The number of nitrogens with zero attached hydrogens (tertiary/aromatic N) is 1. The summed E-state index contributed by atoms with van der Waals surface area (Å²) >= 11 is 0. The Kier molecular flexibility index (Phi) is 4.12. The van der Waals surface area contributed by atoms with Crippen LogP contribution in [0.4, 0.5) is 0 Å². The lowest BCUT2D eigenvalue weighted by molar-refractivity contribution is -0.0409. The average molecular weight is 327 g/mol. The smallest absolute Gasteiger partial charge is 0.339 e. The number of carboxylic acids is 1. The van der Waals surface area contributed by atoms with Gasteiger partial charge in [-0.15, -0.1) is 0 Å². The van der Waals surface area contributed by atoms with Crippen LogP contribution in [0.15, 0.2) is 36.4 Å². The summed E-state index contributed by atoms with van der Waals surface area (Å²) in [5.74, 6) is -0.516. The SMILES string of the molecule is O=C(O)c1cc2ccccc2cc1OCCN1CC2CCC(C1)O2. The van der Waals surface area contributed by atoms with E-state index >= 15 is 0 Å². The first-order valence-corrected chi connectivity index (χ1v) is 8.46. The van der Waals surface area contributed by atoms with Crippen molar-refractivity contribution in [3.63, 3.8) is 0 Å². The number of likely N-dealkylation sites (tertiary alicyclic amines) is 1. The van der Waals surface area contributed by atoms with Gasteiger partial charge in [0, 0.05) is 19.6 Å². The van der Waals surface area contributed by atoms with E-state index in [1.807, 2.05) is 30.3 Å². The van der Waals surface area contributed by atoms with Crippen LogP contribution in [-0.4, -0.2) is 54.4 Å². The van der Waals surface area contributed by atoms with Crippen LogP contribution in [0.3, 0.4) is 0 Å². The maximum absolute atomic E-state index is 11.5. The molecule has 5 nitrogen and oxygen atoms in total. The van der Waals surface area contributed by atoms with E-state index in [-0.39, 0.29) is 5.56 Å². The van der Waals surface area contributed by atoms with Gasteiger partial charge in [-0.05, 0) is 35.7 Å². The second-order valence-electron chi connectivity index (χ2n) is 6.57. The summed E-state index contributed by atoms with van der Waals surface area (Å²) in [5.41, 5.74) is 0.218. The van der Waals surface area contributed by atoms with Gasteiger partial charge < -0.3 is 14.6 Å². The van der Waals surface area contributed by atoms with Gasteiger partial charge in [0.15, 0.2) is 0 Å². The van der Waals surface area contributed by atoms with Crippen molar-refractivity contribution in [2.75, 3.05) is 26.2 Å². The molecule has 0 radical (unpaired) electrons. The fraction of sp³-hybridized carbons (Fsp3) is 0.421. The molecule has 2 unspecified atom stereocenters. The van der Waals surface area contributed by atoms with Gasteiger partial charge in [-0.2, -0.15) is 0 Å². The number of fused-ring (bicyclic) bond motifs is 3. The first-order valence-electron chi connectivity index (χ1n) is 8.46. The third-order valence-electron chi connectivity index (χ3n) is 4.86. The summed E-state index contributed by atoms with van der Waals surface area (Å²) in [7, 11) is 0.